The van der Waals surface area contributed by atoms with E-state index in [0.29, 0.717) is 18.7 Å². The molecule has 0 aromatic heterocycles. The Kier molecular flexibility index (Phi) is 7.11. The molecule has 3 N–H and O–H groups in total. The molecule has 1 unspecified atom stereocenters. The van der Waals surface area contributed by atoms with Gasteiger partial charge in [0.15, 0.2) is 0 Å². The standard InChI is InChI=1S/C19H25N3O6/c1-11(2)9-15(18(25)26)21-19(27)20-12-5-6-13-14(10-12)17(24)22(16(13)23)7-4-8-28-3/h5-6,10-11,15H,4,7-9H2,1-3H3,(H,25,26)(H2,20,21,27). The number of nitrogens with zero attached hydrogens (tertiary/aromatic N) is 1. The van der Waals surface area contributed by atoms with E-state index in [9.17, 15) is 24.3 Å². The minimum Gasteiger partial charge on any atom is -0.480 e. The van der Waals surface area contributed by atoms with E-state index in [1.807, 2.05) is 13.8 Å². The van der Waals surface area contributed by atoms with Crippen molar-refractivity contribution < 1.29 is 29.0 Å². The Morgan fingerprint density at radius 2 is 1.86 bits per heavy atom. The third-order valence-corrected chi connectivity index (χ3v) is 4.27. The molecule has 1 atom stereocenters. The summed E-state index contributed by atoms with van der Waals surface area (Å²) in [5.41, 5.74) is 0.776. The van der Waals surface area contributed by atoms with Gasteiger partial charge in [-0.05, 0) is 37.0 Å². The Hall–Kier alpha value is -2.94. The zero-order valence-electron chi connectivity index (χ0n) is 16.2. The Balaban J connectivity index is 2.06. The molecule has 1 heterocycles. The minimum atomic E-state index is -1.12. The SMILES string of the molecule is COCCCN1C(=O)c2ccc(NC(=O)NC(CC(C)C)C(=O)O)cc2C1=O. The predicted molar refractivity (Wildman–Crippen MR) is 101 cm³/mol. The molecule has 0 saturated carbocycles. The molecule has 1 aliphatic rings. The molecule has 1 aromatic rings. The number of rotatable bonds is 9. The molecule has 0 saturated heterocycles. The Bertz CT molecular complexity index is 777. The van der Waals surface area contributed by atoms with Crippen molar-refractivity contribution in [2.45, 2.75) is 32.7 Å². The predicted octanol–water partition coefficient (Wildman–Crippen LogP) is 1.94. The number of hydrogen-bond donors (Lipinski definition) is 3. The van der Waals surface area contributed by atoms with Gasteiger partial charge in [0.1, 0.15) is 6.04 Å². The van der Waals surface area contributed by atoms with Gasteiger partial charge in [0, 0.05) is 25.9 Å². The summed E-state index contributed by atoms with van der Waals surface area (Å²) in [6.07, 6.45) is 0.818. The number of fused-ring (bicyclic) bond motifs is 1. The van der Waals surface area contributed by atoms with Crippen molar-refractivity contribution in [1.82, 2.24) is 10.2 Å². The van der Waals surface area contributed by atoms with Crippen LogP contribution >= 0.6 is 0 Å². The lowest BCUT2D eigenvalue weighted by Crippen LogP contribution is -2.43. The van der Waals surface area contributed by atoms with Crippen molar-refractivity contribution in [1.29, 1.82) is 0 Å². The molecule has 152 valence electrons. The zero-order chi connectivity index (χ0) is 20.8. The van der Waals surface area contributed by atoms with Crippen LogP contribution in [-0.4, -0.2) is 60.1 Å². The number of nitrogens with one attached hydrogen (secondary N) is 2. The van der Waals surface area contributed by atoms with Crippen molar-refractivity contribution in [3.8, 4) is 0 Å². The molecule has 28 heavy (non-hydrogen) atoms. The van der Waals surface area contributed by atoms with E-state index in [0.717, 1.165) is 4.90 Å². The van der Waals surface area contributed by atoms with E-state index in [-0.39, 0.29) is 35.9 Å². The molecule has 0 spiro atoms. The van der Waals surface area contributed by atoms with Gasteiger partial charge in [-0.15, -0.1) is 0 Å². The van der Waals surface area contributed by atoms with Gasteiger partial charge in [0.25, 0.3) is 11.8 Å². The molecule has 0 radical (unpaired) electrons. The van der Waals surface area contributed by atoms with Crippen LogP contribution < -0.4 is 10.6 Å². The van der Waals surface area contributed by atoms with E-state index in [1.165, 1.54) is 18.2 Å². The number of methoxy groups -OCH3 is 1. The molecule has 0 aliphatic carbocycles. The fraction of sp³-hybridized carbons (Fsp3) is 0.474. The lowest BCUT2D eigenvalue weighted by atomic mass is 10.0. The number of aliphatic carboxylic acids is 1. The van der Waals surface area contributed by atoms with Gasteiger partial charge in [-0.3, -0.25) is 14.5 Å². The first-order valence-corrected chi connectivity index (χ1v) is 9.04. The Morgan fingerprint density at radius 1 is 1.18 bits per heavy atom. The lowest BCUT2D eigenvalue weighted by Gasteiger charge is -2.17. The highest BCUT2D eigenvalue weighted by Crippen LogP contribution is 2.26. The third kappa shape index (κ3) is 5.07. The van der Waals surface area contributed by atoms with Crippen LogP contribution in [0, 0.1) is 5.92 Å². The summed E-state index contributed by atoms with van der Waals surface area (Å²) in [5.74, 6) is -1.84. The monoisotopic (exact) mass is 391 g/mol. The number of carbonyl (C=O) groups excluding carboxylic acids is 3. The van der Waals surface area contributed by atoms with Gasteiger partial charge in [0.2, 0.25) is 0 Å². The molecular weight excluding hydrogens is 366 g/mol. The van der Waals surface area contributed by atoms with Crippen molar-refractivity contribution in [3.05, 3.63) is 29.3 Å². The molecule has 1 aromatic carbocycles. The number of benzene rings is 1. The number of carbonyl (C=O) groups is 4. The molecule has 4 amide bonds. The van der Waals surface area contributed by atoms with Crippen LogP contribution in [0.25, 0.3) is 0 Å². The summed E-state index contributed by atoms with van der Waals surface area (Å²) in [7, 11) is 1.54. The summed E-state index contributed by atoms with van der Waals surface area (Å²) in [5, 5.41) is 14.1. The van der Waals surface area contributed by atoms with E-state index in [1.54, 1.807) is 7.11 Å². The van der Waals surface area contributed by atoms with E-state index < -0.39 is 23.9 Å². The summed E-state index contributed by atoms with van der Waals surface area (Å²) in [6, 6.07) is 2.68. The smallest absolute Gasteiger partial charge is 0.326 e. The van der Waals surface area contributed by atoms with Gasteiger partial charge >= 0.3 is 12.0 Å². The first-order chi connectivity index (χ1) is 13.2. The highest BCUT2D eigenvalue weighted by atomic mass is 16.5. The molecule has 2 rings (SSSR count). The van der Waals surface area contributed by atoms with Crippen molar-refractivity contribution in [2.24, 2.45) is 5.92 Å². The van der Waals surface area contributed by atoms with Crippen molar-refractivity contribution in [2.75, 3.05) is 25.6 Å². The number of urea groups is 1. The van der Waals surface area contributed by atoms with Gasteiger partial charge in [0.05, 0.1) is 11.1 Å². The number of imide groups is 1. The highest BCUT2D eigenvalue weighted by Gasteiger charge is 2.35. The average Bonchev–Trinajstić information content (AvgIpc) is 2.85. The second kappa shape index (κ2) is 9.32. The fourth-order valence-electron chi connectivity index (χ4n) is 2.96. The minimum absolute atomic E-state index is 0.0918. The summed E-state index contributed by atoms with van der Waals surface area (Å²) in [6.45, 7) is 4.40. The van der Waals surface area contributed by atoms with Crippen LogP contribution in [0.2, 0.25) is 0 Å². The molecular formula is C19H25N3O6. The second-order valence-corrected chi connectivity index (χ2v) is 6.99. The second-order valence-electron chi connectivity index (χ2n) is 6.99. The number of carboxylic acid groups (broad SMARTS) is 1. The first kappa shape index (κ1) is 21.4. The fourth-order valence-corrected chi connectivity index (χ4v) is 2.96. The zero-order valence-corrected chi connectivity index (χ0v) is 16.2. The van der Waals surface area contributed by atoms with Crippen LogP contribution in [-0.2, 0) is 9.53 Å². The third-order valence-electron chi connectivity index (χ3n) is 4.27. The maximum absolute atomic E-state index is 12.5. The topological polar surface area (TPSA) is 125 Å². The maximum atomic E-state index is 12.5. The van der Waals surface area contributed by atoms with Gasteiger partial charge in [-0.1, -0.05) is 13.8 Å². The number of anilines is 1. The molecule has 9 nitrogen and oxygen atoms in total. The molecule has 0 fully saturated rings. The summed E-state index contributed by atoms with van der Waals surface area (Å²) < 4.78 is 4.94. The largest absolute Gasteiger partial charge is 0.480 e. The van der Waals surface area contributed by atoms with Crippen molar-refractivity contribution in [3.63, 3.8) is 0 Å². The first-order valence-electron chi connectivity index (χ1n) is 9.04. The van der Waals surface area contributed by atoms with Crippen LogP contribution in [0.15, 0.2) is 18.2 Å². The van der Waals surface area contributed by atoms with Crippen LogP contribution in [0.3, 0.4) is 0 Å². The van der Waals surface area contributed by atoms with E-state index in [2.05, 4.69) is 10.6 Å². The lowest BCUT2D eigenvalue weighted by molar-refractivity contribution is -0.139. The summed E-state index contributed by atoms with van der Waals surface area (Å²) >= 11 is 0. The average molecular weight is 391 g/mol. The van der Waals surface area contributed by atoms with Crippen LogP contribution in [0.1, 0.15) is 47.4 Å². The number of amides is 4. The Labute approximate surface area is 163 Å². The highest BCUT2D eigenvalue weighted by molar-refractivity contribution is 6.21. The molecule has 1 aliphatic heterocycles. The maximum Gasteiger partial charge on any atom is 0.326 e. The van der Waals surface area contributed by atoms with Crippen LogP contribution in [0.4, 0.5) is 10.5 Å². The molecule has 9 heteroatoms. The quantitative estimate of drug-likeness (QED) is 0.436. The van der Waals surface area contributed by atoms with E-state index >= 15 is 0 Å². The van der Waals surface area contributed by atoms with Crippen LogP contribution in [0.5, 0.6) is 0 Å². The van der Waals surface area contributed by atoms with Gasteiger partial charge in [-0.25, -0.2) is 9.59 Å². The van der Waals surface area contributed by atoms with Gasteiger partial charge < -0.3 is 20.5 Å². The van der Waals surface area contributed by atoms with Crippen molar-refractivity contribution >= 4 is 29.5 Å². The van der Waals surface area contributed by atoms with Gasteiger partial charge in [-0.2, -0.15) is 0 Å². The Morgan fingerprint density at radius 3 is 2.46 bits per heavy atom. The normalized spacial score (nSPS) is 14.2. The number of carboxylic acids is 1. The van der Waals surface area contributed by atoms with E-state index in [4.69, 9.17) is 4.74 Å². The summed E-state index contributed by atoms with van der Waals surface area (Å²) in [4.78, 5) is 49.4. The number of hydrogen-bond acceptors (Lipinski definition) is 5. The molecule has 0 bridgehead atoms. The number of ether oxygens (including phenoxy) is 1.